The number of ether oxygens (including phenoxy) is 2. The second kappa shape index (κ2) is 5.19. The van der Waals surface area contributed by atoms with Gasteiger partial charge in [0, 0.05) is 0 Å². The van der Waals surface area contributed by atoms with Gasteiger partial charge in [-0.25, -0.2) is 0 Å². The zero-order valence-corrected chi connectivity index (χ0v) is 12.2. The Morgan fingerprint density at radius 1 is 1.37 bits per heavy atom. The maximum Gasteiger partial charge on any atom is 0.231 e. The highest BCUT2D eigenvalue weighted by atomic mass is 79.9. The number of allylic oxidation sites excluding steroid dienone is 1. The van der Waals surface area contributed by atoms with Crippen molar-refractivity contribution in [2.75, 3.05) is 6.79 Å². The van der Waals surface area contributed by atoms with Gasteiger partial charge in [-0.1, -0.05) is 12.1 Å². The van der Waals surface area contributed by atoms with E-state index < -0.39 is 0 Å². The summed E-state index contributed by atoms with van der Waals surface area (Å²) in [5, 5.41) is 1.89. The molecule has 0 unspecified atom stereocenters. The molecule has 19 heavy (non-hydrogen) atoms. The van der Waals surface area contributed by atoms with E-state index in [9.17, 15) is 4.79 Å². The van der Waals surface area contributed by atoms with E-state index in [1.165, 1.54) is 11.3 Å². The van der Waals surface area contributed by atoms with Crippen LogP contribution in [0.25, 0.3) is 6.08 Å². The minimum absolute atomic E-state index is 0.00351. The van der Waals surface area contributed by atoms with Gasteiger partial charge in [0.2, 0.25) is 6.79 Å². The van der Waals surface area contributed by atoms with Crippen LogP contribution >= 0.6 is 27.3 Å². The molecule has 1 aromatic heterocycles. The number of carbonyl (C=O) groups excluding carboxylic acids is 1. The predicted molar refractivity (Wildman–Crippen MR) is 77.9 cm³/mol. The number of fused-ring (bicyclic) bond motifs is 1. The lowest BCUT2D eigenvalue weighted by atomic mass is 10.1. The Bertz CT molecular complexity index is 647. The Labute approximate surface area is 122 Å². The molecule has 3 rings (SSSR count). The Kier molecular flexibility index (Phi) is 3.40. The van der Waals surface area contributed by atoms with E-state index in [1.807, 2.05) is 29.6 Å². The molecule has 1 aliphatic heterocycles. The molecule has 1 aliphatic rings. The zero-order valence-electron chi connectivity index (χ0n) is 9.76. The first-order valence-corrected chi connectivity index (χ1v) is 7.26. The number of halogens is 1. The molecule has 0 radical (unpaired) electrons. The summed E-state index contributed by atoms with van der Waals surface area (Å²) in [6, 6.07) is 7.42. The molecule has 1 aromatic carbocycles. The number of thiophene rings is 1. The van der Waals surface area contributed by atoms with Gasteiger partial charge < -0.3 is 9.47 Å². The standard InChI is InChI=1S/C14H9BrO3S/c15-10-6-9(7-12-14(10)18-8-17-12)3-4-11(16)13-2-1-5-19-13/h1-7H,8H2/b4-3+. The first-order chi connectivity index (χ1) is 9.24. The largest absolute Gasteiger partial charge is 0.454 e. The fourth-order valence-electron chi connectivity index (χ4n) is 1.76. The molecule has 2 aromatic rings. The summed E-state index contributed by atoms with van der Waals surface area (Å²) in [7, 11) is 0. The van der Waals surface area contributed by atoms with Gasteiger partial charge in [-0.05, 0) is 51.1 Å². The van der Waals surface area contributed by atoms with Gasteiger partial charge in [0.05, 0.1) is 9.35 Å². The second-order valence-electron chi connectivity index (χ2n) is 3.91. The second-order valence-corrected chi connectivity index (χ2v) is 5.71. The maximum absolute atomic E-state index is 11.9. The fourth-order valence-corrected chi connectivity index (χ4v) is 2.98. The van der Waals surface area contributed by atoms with E-state index in [-0.39, 0.29) is 12.6 Å². The molecular formula is C14H9BrO3S. The third kappa shape index (κ3) is 2.57. The van der Waals surface area contributed by atoms with Crippen molar-refractivity contribution in [3.8, 4) is 11.5 Å². The Morgan fingerprint density at radius 3 is 3.05 bits per heavy atom. The number of carbonyl (C=O) groups is 1. The van der Waals surface area contributed by atoms with Crippen LogP contribution < -0.4 is 9.47 Å². The predicted octanol–water partition coefficient (Wildman–Crippen LogP) is 4.14. The van der Waals surface area contributed by atoms with Gasteiger partial charge in [-0.15, -0.1) is 11.3 Å². The molecule has 0 saturated heterocycles. The van der Waals surface area contributed by atoms with Crippen LogP contribution in [-0.4, -0.2) is 12.6 Å². The van der Waals surface area contributed by atoms with E-state index in [4.69, 9.17) is 9.47 Å². The number of ketones is 1. The summed E-state index contributed by atoms with van der Waals surface area (Å²) in [5.74, 6) is 1.41. The molecule has 0 saturated carbocycles. The van der Waals surface area contributed by atoms with Crippen LogP contribution in [0, 0.1) is 0 Å². The average molecular weight is 337 g/mol. The minimum Gasteiger partial charge on any atom is -0.454 e. The van der Waals surface area contributed by atoms with E-state index in [0.717, 1.165) is 14.9 Å². The smallest absolute Gasteiger partial charge is 0.231 e. The SMILES string of the molecule is O=C(/C=C/c1cc(Br)c2c(c1)OCO2)c1cccs1. The monoisotopic (exact) mass is 336 g/mol. The lowest BCUT2D eigenvalue weighted by Gasteiger charge is -2.01. The Balaban J connectivity index is 1.84. The van der Waals surface area contributed by atoms with Crippen molar-refractivity contribution >= 4 is 39.1 Å². The molecule has 3 nitrogen and oxygen atoms in total. The summed E-state index contributed by atoms with van der Waals surface area (Å²) in [4.78, 5) is 12.6. The summed E-state index contributed by atoms with van der Waals surface area (Å²) in [6.45, 7) is 0.231. The van der Waals surface area contributed by atoms with Crippen molar-refractivity contribution in [3.63, 3.8) is 0 Å². The first-order valence-electron chi connectivity index (χ1n) is 5.59. The molecule has 0 fully saturated rings. The fraction of sp³-hybridized carbons (Fsp3) is 0.0714. The Hall–Kier alpha value is -1.59. The Morgan fingerprint density at radius 2 is 2.26 bits per heavy atom. The lowest BCUT2D eigenvalue weighted by Crippen LogP contribution is -1.93. The summed E-state index contributed by atoms with van der Waals surface area (Å²) in [5.41, 5.74) is 0.890. The molecule has 0 amide bonds. The topological polar surface area (TPSA) is 35.5 Å². The van der Waals surface area contributed by atoms with Gasteiger partial charge >= 0.3 is 0 Å². The van der Waals surface area contributed by atoms with Crippen molar-refractivity contribution in [2.45, 2.75) is 0 Å². The van der Waals surface area contributed by atoms with Gasteiger partial charge in [-0.2, -0.15) is 0 Å². The van der Waals surface area contributed by atoms with E-state index in [2.05, 4.69) is 15.9 Å². The third-order valence-electron chi connectivity index (χ3n) is 2.64. The van der Waals surface area contributed by atoms with Crippen LogP contribution in [0.15, 0.2) is 40.2 Å². The van der Waals surface area contributed by atoms with Crippen LogP contribution in [0.4, 0.5) is 0 Å². The summed E-state index contributed by atoms with van der Waals surface area (Å²) in [6.07, 6.45) is 3.34. The lowest BCUT2D eigenvalue weighted by molar-refractivity contribution is 0.105. The van der Waals surface area contributed by atoms with Crippen molar-refractivity contribution in [1.82, 2.24) is 0 Å². The molecule has 5 heteroatoms. The van der Waals surface area contributed by atoms with Gasteiger partial charge in [0.25, 0.3) is 0 Å². The first kappa shape index (κ1) is 12.4. The zero-order chi connectivity index (χ0) is 13.2. The molecule has 0 atom stereocenters. The third-order valence-corrected chi connectivity index (χ3v) is 4.11. The van der Waals surface area contributed by atoms with Crippen LogP contribution in [-0.2, 0) is 0 Å². The highest BCUT2D eigenvalue weighted by molar-refractivity contribution is 9.10. The molecule has 96 valence electrons. The van der Waals surface area contributed by atoms with E-state index >= 15 is 0 Å². The van der Waals surface area contributed by atoms with Crippen LogP contribution in [0.5, 0.6) is 11.5 Å². The highest BCUT2D eigenvalue weighted by Gasteiger charge is 2.17. The van der Waals surface area contributed by atoms with Crippen LogP contribution in [0.1, 0.15) is 15.2 Å². The van der Waals surface area contributed by atoms with E-state index in [0.29, 0.717) is 11.5 Å². The van der Waals surface area contributed by atoms with Crippen molar-refractivity contribution in [2.24, 2.45) is 0 Å². The van der Waals surface area contributed by atoms with Crippen molar-refractivity contribution in [1.29, 1.82) is 0 Å². The van der Waals surface area contributed by atoms with Crippen molar-refractivity contribution < 1.29 is 14.3 Å². The number of hydrogen-bond donors (Lipinski definition) is 0. The number of rotatable bonds is 3. The van der Waals surface area contributed by atoms with E-state index in [1.54, 1.807) is 12.2 Å². The van der Waals surface area contributed by atoms with Gasteiger partial charge in [0.15, 0.2) is 17.3 Å². The maximum atomic E-state index is 11.9. The summed E-state index contributed by atoms with van der Waals surface area (Å²) < 4.78 is 11.5. The van der Waals surface area contributed by atoms with Crippen LogP contribution in [0.3, 0.4) is 0 Å². The van der Waals surface area contributed by atoms with Gasteiger partial charge in [0.1, 0.15) is 0 Å². The molecule has 0 spiro atoms. The van der Waals surface area contributed by atoms with Gasteiger partial charge in [-0.3, -0.25) is 4.79 Å². The molecule has 0 bridgehead atoms. The van der Waals surface area contributed by atoms with Crippen LogP contribution in [0.2, 0.25) is 0 Å². The molecular weight excluding hydrogens is 328 g/mol. The average Bonchev–Trinajstić information content (AvgIpc) is 3.06. The molecule has 0 N–H and O–H groups in total. The number of benzene rings is 1. The van der Waals surface area contributed by atoms with Crippen molar-refractivity contribution in [3.05, 3.63) is 50.6 Å². The molecule has 0 aliphatic carbocycles. The normalized spacial score (nSPS) is 13.1. The minimum atomic E-state index is 0.00351. The highest BCUT2D eigenvalue weighted by Crippen LogP contribution is 2.40. The summed E-state index contributed by atoms with van der Waals surface area (Å²) >= 11 is 4.86. The number of hydrogen-bond acceptors (Lipinski definition) is 4. The quantitative estimate of drug-likeness (QED) is 0.624. The molecule has 2 heterocycles.